The predicted molar refractivity (Wildman–Crippen MR) is 110 cm³/mol. The Hall–Kier alpha value is -3.88. The highest BCUT2D eigenvalue weighted by atomic mass is 19.2. The van der Waals surface area contributed by atoms with Crippen molar-refractivity contribution >= 4 is 17.4 Å². The van der Waals surface area contributed by atoms with Gasteiger partial charge in [-0.1, -0.05) is 30.3 Å². The van der Waals surface area contributed by atoms with Gasteiger partial charge < -0.3 is 9.88 Å². The zero-order valence-electron chi connectivity index (χ0n) is 16.3. The normalized spacial score (nSPS) is 12.8. The third-order valence-electron chi connectivity index (χ3n) is 5.33. The average Bonchev–Trinajstić information content (AvgIpc) is 3.43. The molecule has 0 aliphatic heterocycles. The fourth-order valence-corrected chi connectivity index (χ4v) is 3.91. The van der Waals surface area contributed by atoms with Crippen molar-refractivity contribution in [1.29, 1.82) is 0 Å². The van der Waals surface area contributed by atoms with E-state index in [1.54, 1.807) is 4.57 Å². The first-order valence-electron chi connectivity index (χ1n) is 9.83. The highest BCUT2D eigenvalue weighted by Gasteiger charge is 2.25. The van der Waals surface area contributed by atoms with E-state index < -0.39 is 17.5 Å². The molecule has 7 nitrogen and oxygen atoms in total. The number of hydrogen-bond donors (Lipinski definition) is 1. The van der Waals surface area contributed by atoms with E-state index in [0.29, 0.717) is 24.2 Å². The topological polar surface area (TPSA) is 81.3 Å². The van der Waals surface area contributed by atoms with Crippen LogP contribution < -0.4 is 10.9 Å². The van der Waals surface area contributed by atoms with Crippen LogP contribution >= 0.6 is 0 Å². The number of carbonyl (C=O) groups excluding carboxylic acids is 1. The lowest BCUT2D eigenvalue weighted by Gasteiger charge is -2.14. The first kappa shape index (κ1) is 19.1. The average molecular weight is 421 g/mol. The third-order valence-corrected chi connectivity index (χ3v) is 5.33. The molecule has 2 heterocycles. The van der Waals surface area contributed by atoms with Crippen LogP contribution in [0.1, 0.15) is 17.7 Å². The molecular formula is C22H17F2N5O2. The van der Waals surface area contributed by atoms with Crippen LogP contribution in [0.4, 0.5) is 14.5 Å². The highest BCUT2D eigenvalue weighted by molar-refractivity contribution is 5.90. The monoisotopic (exact) mass is 421 g/mol. The lowest BCUT2D eigenvalue weighted by Crippen LogP contribution is -2.28. The van der Waals surface area contributed by atoms with E-state index in [1.807, 2.05) is 30.3 Å². The van der Waals surface area contributed by atoms with Gasteiger partial charge in [-0.15, -0.1) is 5.10 Å². The molecule has 1 amide bonds. The van der Waals surface area contributed by atoms with Crippen LogP contribution in [-0.4, -0.2) is 25.1 Å². The van der Waals surface area contributed by atoms with Gasteiger partial charge in [-0.3, -0.25) is 9.59 Å². The Morgan fingerprint density at radius 2 is 1.87 bits per heavy atom. The van der Waals surface area contributed by atoms with E-state index in [-0.39, 0.29) is 23.6 Å². The van der Waals surface area contributed by atoms with Crippen LogP contribution in [0.5, 0.6) is 0 Å². The number of aromatic nitrogens is 4. The molecule has 2 aromatic heterocycles. The van der Waals surface area contributed by atoms with Crippen molar-refractivity contribution in [3.8, 4) is 11.4 Å². The third kappa shape index (κ3) is 3.37. The number of carbonyl (C=O) groups is 1. The van der Waals surface area contributed by atoms with Gasteiger partial charge in [0.1, 0.15) is 6.54 Å². The number of benzene rings is 2. The van der Waals surface area contributed by atoms with Crippen molar-refractivity contribution in [2.75, 3.05) is 5.32 Å². The molecule has 2 aromatic carbocycles. The summed E-state index contributed by atoms with van der Waals surface area (Å²) in [5.41, 5.74) is 2.05. The zero-order chi connectivity index (χ0) is 21.5. The predicted octanol–water partition coefficient (Wildman–Crippen LogP) is 2.96. The van der Waals surface area contributed by atoms with Crippen LogP contribution in [-0.2, 0) is 24.2 Å². The molecule has 1 aliphatic carbocycles. The Morgan fingerprint density at radius 3 is 2.65 bits per heavy atom. The van der Waals surface area contributed by atoms with Crippen LogP contribution in [0.25, 0.3) is 17.2 Å². The van der Waals surface area contributed by atoms with Gasteiger partial charge in [0.15, 0.2) is 17.5 Å². The quantitative estimate of drug-likeness (QED) is 0.549. The van der Waals surface area contributed by atoms with Crippen LogP contribution in [0.3, 0.4) is 0 Å². The molecule has 0 spiro atoms. The van der Waals surface area contributed by atoms with Crippen LogP contribution in [0.2, 0.25) is 0 Å². The number of rotatable bonds is 4. The summed E-state index contributed by atoms with van der Waals surface area (Å²) in [5, 5.41) is 6.95. The summed E-state index contributed by atoms with van der Waals surface area (Å²) in [6.07, 6.45) is 2.05. The molecular weight excluding hydrogens is 404 g/mol. The Balaban J connectivity index is 1.56. The number of nitrogens with one attached hydrogen (secondary N) is 1. The standard InChI is InChI=1S/C22H17F2N5O2/c23-16-10-9-14(11-17(16)24)25-19(30)12-28-18-8-4-7-15(18)21(31)29-22(28)26-20(27-29)13-5-2-1-3-6-13/h1-3,5-6,9-11H,4,7-8,12H2,(H,25,30). The summed E-state index contributed by atoms with van der Waals surface area (Å²) in [5.74, 6) is -1.83. The van der Waals surface area contributed by atoms with E-state index in [4.69, 9.17) is 0 Å². The van der Waals surface area contributed by atoms with Crippen molar-refractivity contribution in [3.05, 3.63) is 81.8 Å². The SMILES string of the molecule is O=C(Cn1c2c(c(=O)n3nc(-c4ccccc4)nc13)CCC2)Nc1ccc(F)c(F)c1. The van der Waals surface area contributed by atoms with Gasteiger partial charge in [-0.05, 0) is 31.4 Å². The summed E-state index contributed by atoms with van der Waals surface area (Å²) in [6.45, 7) is -0.141. The molecule has 4 aromatic rings. The minimum atomic E-state index is -1.05. The minimum Gasteiger partial charge on any atom is -0.324 e. The fraction of sp³-hybridized carbons (Fsp3) is 0.182. The maximum Gasteiger partial charge on any atom is 0.279 e. The zero-order valence-corrected chi connectivity index (χ0v) is 16.3. The number of halogens is 2. The van der Waals surface area contributed by atoms with Crippen LogP contribution in [0, 0.1) is 11.6 Å². The first-order valence-corrected chi connectivity index (χ1v) is 9.83. The Labute approximate surface area is 175 Å². The lowest BCUT2D eigenvalue weighted by atomic mass is 10.2. The molecule has 0 radical (unpaired) electrons. The van der Waals surface area contributed by atoms with Crippen molar-refractivity contribution < 1.29 is 13.6 Å². The molecule has 5 rings (SSSR count). The first-order chi connectivity index (χ1) is 15.0. The molecule has 0 unspecified atom stereocenters. The fourth-order valence-electron chi connectivity index (χ4n) is 3.91. The summed E-state index contributed by atoms with van der Waals surface area (Å²) >= 11 is 0. The van der Waals surface area contributed by atoms with Crippen molar-refractivity contribution in [3.63, 3.8) is 0 Å². The molecule has 1 N–H and O–H groups in total. The van der Waals surface area contributed by atoms with E-state index in [1.165, 1.54) is 10.6 Å². The van der Waals surface area contributed by atoms with Crippen molar-refractivity contribution in [2.45, 2.75) is 25.8 Å². The second-order valence-corrected chi connectivity index (χ2v) is 7.36. The molecule has 0 saturated heterocycles. The Morgan fingerprint density at radius 1 is 1.06 bits per heavy atom. The molecule has 31 heavy (non-hydrogen) atoms. The van der Waals surface area contributed by atoms with E-state index in [0.717, 1.165) is 29.8 Å². The van der Waals surface area contributed by atoms with Gasteiger partial charge in [-0.2, -0.15) is 9.50 Å². The van der Waals surface area contributed by atoms with Gasteiger partial charge >= 0.3 is 0 Å². The van der Waals surface area contributed by atoms with Gasteiger partial charge in [0.25, 0.3) is 5.56 Å². The van der Waals surface area contributed by atoms with Crippen molar-refractivity contribution in [1.82, 2.24) is 19.2 Å². The maximum atomic E-state index is 13.5. The van der Waals surface area contributed by atoms with Gasteiger partial charge in [0.05, 0.1) is 0 Å². The molecule has 156 valence electrons. The van der Waals surface area contributed by atoms with Crippen molar-refractivity contribution in [2.24, 2.45) is 0 Å². The molecule has 1 aliphatic rings. The Kier molecular flexibility index (Phi) is 4.58. The van der Waals surface area contributed by atoms with Gasteiger partial charge in [0, 0.05) is 28.6 Å². The number of hydrogen-bond acceptors (Lipinski definition) is 4. The number of nitrogens with zero attached hydrogens (tertiary/aromatic N) is 4. The molecule has 0 atom stereocenters. The van der Waals surface area contributed by atoms with E-state index >= 15 is 0 Å². The van der Waals surface area contributed by atoms with Crippen LogP contribution in [0.15, 0.2) is 53.3 Å². The number of fused-ring (bicyclic) bond motifs is 2. The minimum absolute atomic E-state index is 0.141. The maximum absolute atomic E-state index is 13.5. The molecule has 0 saturated carbocycles. The summed E-state index contributed by atoms with van der Waals surface area (Å²) in [7, 11) is 0. The lowest BCUT2D eigenvalue weighted by molar-refractivity contribution is -0.116. The smallest absolute Gasteiger partial charge is 0.279 e. The van der Waals surface area contributed by atoms with Gasteiger partial charge in [-0.25, -0.2) is 8.78 Å². The van der Waals surface area contributed by atoms with E-state index in [9.17, 15) is 18.4 Å². The number of anilines is 1. The molecule has 9 heteroatoms. The summed E-state index contributed by atoms with van der Waals surface area (Å²) < 4.78 is 29.5. The van der Waals surface area contributed by atoms with Gasteiger partial charge in [0.2, 0.25) is 11.7 Å². The second-order valence-electron chi connectivity index (χ2n) is 7.36. The largest absolute Gasteiger partial charge is 0.324 e. The highest BCUT2D eigenvalue weighted by Crippen LogP contribution is 2.23. The molecule has 0 fully saturated rings. The van der Waals surface area contributed by atoms with E-state index in [2.05, 4.69) is 15.4 Å². The Bertz CT molecular complexity index is 1380. The summed E-state index contributed by atoms with van der Waals surface area (Å²) in [4.78, 5) is 30.2. The second kappa shape index (κ2) is 7.42. The summed E-state index contributed by atoms with van der Waals surface area (Å²) in [6, 6.07) is 12.4. The number of amides is 1. The molecule has 0 bridgehead atoms.